The van der Waals surface area contributed by atoms with Gasteiger partial charge in [-0.2, -0.15) is 0 Å². The molecule has 68 valence electrons. The van der Waals surface area contributed by atoms with Gasteiger partial charge >= 0.3 is 0 Å². The Kier molecular flexibility index (Phi) is 5.88. The maximum atomic E-state index is 4.85. The highest BCUT2D eigenvalue weighted by Crippen LogP contribution is 1.95. The highest BCUT2D eigenvalue weighted by molar-refractivity contribution is 5.19. The Balaban J connectivity index is 3.67. The molecule has 2 heteroatoms. The van der Waals surface area contributed by atoms with E-state index in [1.807, 2.05) is 6.08 Å². The van der Waals surface area contributed by atoms with Gasteiger partial charge in [0.15, 0.2) is 0 Å². The van der Waals surface area contributed by atoms with Crippen LogP contribution in [0.3, 0.4) is 0 Å². The van der Waals surface area contributed by atoms with Gasteiger partial charge in [0.05, 0.1) is 7.11 Å². The monoisotopic (exact) mass is 167 g/mol. The van der Waals surface area contributed by atoms with Crippen LogP contribution >= 0.6 is 0 Å². The van der Waals surface area contributed by atoms with Crippen LogP contribution in [0, 0.1) is 0 Å². The van der Waals surface area contributed by atoms with Crippen LogP contribution in [0.2, 0.25) is 0 Å². The second-order valence-corrected chi connectivity index (χ2v) is 2.46. The molecule has 2 nitrogen and oxygen atoms in total. The number of allylic oxidation sites excluding steroid dienone is 2. The molecule has 0 aromatic heterocycles. The van der Waals surface area contributed by atoms with E-state index in [4.69, 9.17) is 4.74 Å². The largest absolute Gasteiger partial charge is 0.497 e. The molecule has 0 heterocycles. The van der Waals surface area contributed by atoms with Crippen LogP contribution in [0.4, 0.5) is 0 Å². The third-order valence-corrected chi connectivity index (χ3v) is 1.33. The van der Waals surface area contributed by atoms with Crippen LogP contribution < -0.4 is 5.32 Å². The molecule has 0 unspecified atom stereocenters. The van der Waals surface area contributed by atoms with E-state index < -0.39 is 0 Å². The van der Waals surface area contributed by atoms with E-state index in [0.29, 0.717) is 5.76 Å². The zero-order valence-corrected chi connectivity index (χ0v) is 7.89. The highest BCUT2D eigenvalue weighted by atomic mass is 16.5. The van der Waals surface area contributed by atoms with Crippen LogP contribution in [0.5, 0.6) is 0 Å². The zero-order chi connectivity index (χ0) is 9.40. The summed E-state index contributed by atoms with van der Waals surface area (Å²) in [6, 6.07) is 0. The van der Waals surface area contributed by atoms with E-state index in [1.165, 1.54) is 0 Å². The van der Waals surface area contributed by atoms with Crippen molar-refractivity contribution in [3.63, 3.8) is 0 Å². The topological polar surface area (TPSA) is 21.3 Å². The summed E-state index contributed by atoms with van der Waals surface area (Å²) in [6.07, 6.45) is 4.73. The molecule has 0 spiro atoms. The second kappa shape index (κ2) is 6.53. The lowest BCUT2D eigenvalue weighted by Crippen LogP contribution is -2.11. The van der Waals surface area contributed by atoms with Gasteiger partial charge in [0.2, 0.25) is 0 Å². The average molecular weight is 167 g/mol. The number of hydrogen-bond donors (Lipinski definition) is 1. The first-order valence-corrected chi connectivity index (χ1v) is 4.04. The lowest BCUT2D eigenvalue weighted by atomic mass is 10.3. The molecule has 0 radical (unpaired) electrons. The maximum absolute atomic E-state index is 4.85. The Morgan fingerprint density at radius 1 is 1.42 bits per heavy atom. The van der Waals surface area contributed by atoms with E-state index in [2.05, 4.69) is 25.4 Å². The number of ether oxygens (including phenoxy) is 1. The van der Waals surface area contributed by atoms with Gasteiger partial charge in [-0.15, -0.1) is 0 Å². The van der Waals surface area contributed by atoms with Crippen molar-refractivity contribution in [2.75, 3.05) is 13.7 Å². The fourth-order valence-electron chi connectivity index (χ4n) is 0.606. The van der Waals surface area contributed by atoms with Crippen LogP contribution in [0.15, 0.2) is 36.8 Å². The van der Waals surface area contributed by atoms with E-state index in [-0.39, 0.29) is 0 Å². The van der Waals surface area contributed by atoms with Crippen molar-refractivity contribution in [3.05, 3.63) is 36.8 Å². The van der Waals surface area contributed by atoms with E-state index in [9.17, 15) is 0 Å². The minimum Gasteiger partial charge on any atom is -0.497 e. The summed E-state index contributed by atoms with van der Waals surface area (Å²) in [5.41, 5.74) is 0.884. The zero-order valence-electron chi connectivity index (χ0n) is 7.89. The maximum Gasteiger partial charge on any atom is 0.111 e. The van der Waals surface area contributed by atoms with Gasteiger partial charge in [-0.25, -0.2) is 0 Å². The van der Waals surface area contributed by atoms with Crippen LogP contribution in [-0.4, -0.2) is 13.7 Å². The van der Waals surface area contributed by atoms with Gasteiger partial charge in [0.25, 0.3) is 0 Å². The first kappa shape index (κ1) is 10.8. The van der Waals surface area contributed by atoms with Gasteiger partial charge in [-0.05, 0) is 18.6 Å². The molecule has 0 aromatic carbocycles. The fourth-order valence-corrected chi connectivity index (χ4v) is 0.606. The minimum absolute atomic E-state index is 0.634. The second-order valence-electron chi connectivity index (χ2n) is 2.46. The molecule has 0 aliphatic heterocycles. The smallest absolute Gasteiger partial charge is 0.111 e. The molecule has 0 aliphatic rings. The summed E-state index contributed by atoms with van der Waals surface area (Å²) >= 11 is 0. The predicted molar refractivity (Wildman–Crippen MR) is 52.7 cm³/mol. The van der Waals surface area contributed by atoms with Gasteiger partial charge < -0.3 is 10.1 Å². The van der Waals surface area contributed by atoms with Crippen LogP contribution in [0.25, 0.3) is 0 Å². The Morgan fingerprint density at radius 3 is 2.58 bits per heavy atom. The Bertz CT molecular complexity index is 182. The number of methoxy groups -OCH3 is 1. The first-order valence-electron chi connectivity index (χ1n) is 4.04. The van der Waals surface area contributed by atoms with Crippen LogP contribution in [-0.2, 0) is 4.74 Å². The van der Waals surface area contributed by atoms with Crippen molar-refractivity contribution in [2.45, 2.75) is 13.3 Å². The Morgan fingerprint density at radius 2 is 2.08 bits per heavy atom. The third-order valence-electron chi connectivity index (χ3n) is 1.33. The molecule has 0 saturated heterocycles. The molecule has 0 bridgehead atoms. The van der Waals surface area contributed by atoms with Crippen molar-refractivity contribution >= 4 is 0 Å². The van der Waals surface area contributed by atoms with Crippen molar-refractivity contribution in [1.29, 1.82) is 0 Å². The average Bonchev–Trinajstić information content (AvgIpc) is 2.10. The standard InChI is InChI=1S/C10H17NO/c1-5-8-11-9(2)6-7-10(3)12-4/h6-7,11H,2-3,5,8H2,1,4H3/b7-6-. The lowest BCUT2D eigenvalue weighted by Gasteiger charge is -2.02. The number of hydrogen-bond acceptors (Lipinski definition) is 2. The number of rotatable bonds is 6. The summed E-state index contributed by atoms with van der Waals surface area (Å²) in [7, 11) is 1.59. The first-order chi connectivity index (χ1) is 5.70. The lowest BCUT2D eigenvalue weighted by molar-refractivity contribution is 0.309. The molecular weight excluding hydrogens is 150 g/mol. The molecule has 0 aliphatic carbocycles. The van der Waals surface area contributed by atoms with Crippen molar-refractivity contribution < 1.29 is 4.74 Å². The Hall–Kier alpha value is -1.18. The summed E-state index contributed by atoms with van der Waals surface area (Å²) in [5, 5.41) is 3.13. The number of nitrogens with one attached hydrogen (secondary N) is 1. The third kappa shape index (κ3) is 5.59. The van der Waals surface area contributed by atoms with Gasteiger partial charge in [-0.1, -0.05) is 20.1 Å². The molecule has 0 rings (SSSR count). The Labute approximate surface area is 74.6 Å². The molecule has 0 fully saturated rings. The SMILES string of the molecule is C=C(/C=C\C(=C)OC)NCCC. The van der Waals surface area contributed by atoms with E-state index >= 15 is 0 Å². The summed E-state index contributed by atoms with van der Waals surface area (Å²) < 4.78 is 4.85. The van der Waals surface area contributed by atoms with Crippen molar-refractivity contribution in [3.8, 4) is 0 Å². The molecule has 12 heavy (non-hydrogen) atoms. The summed E-state index contributed by atoms with van der Waals surface area (Å²) in [6.45, 7) is 10.5. The van der Waals surface area contributed by atoms with E-state index in [0.717, 1.165) is 18.7 Å². The summed E-state index contributed by atoms with van der Waals surface area (Å²) in [5.74, 6) is 0.634. The van der Waals surface area contributed by atoms with Crippen molar-refractivity contribution in [1.82, 2.24) is 5.32 Å². The fraction of sp³-hybridized carbons (Fsp3) is 0.400. The minimum atomic E-state index is 0.634. The predicted octanol–water partition coefficient (Wildman–Crippen LogP) is 2.22. The molecule has 0 amide bonds. The van der Waals surface area contributed by atoms with Crippen LogP contribution in [0.1, 0.15) is 13.3 Å². The van der Waals surface area contributed by atoms with Gasteiger partial charge in [0.1, 0.15) is 5.76 Å². The van der Waals surface area contributed by atoms with Crippen molar-refractivity contribution in [2.24, 2.45) is 0 Å². The molecule has 0 aromatic rings. The molecular formula is C10H17NO. The highest BCUT2D eigenvalue weighted by Gasteiger charge is 1.86. The molecule has 0 saturated carbocycles. The molecule has 1 N–H and O–H groups in total. The van der Waals surface area contributed by atoms with Gasteiger partial charge in [-0.3, -0.25) is 0 Å². The van der Waals surface area contributed by atoms with Gasteiger partial charge in [0, 0.05) is 12.2 Å². The van der Waals surface area contributed by atoms with E-state index in [1.54, 1.807) is 13.2 Å². The molecule has 0 atom stereocenters. The quantitative estimate of drug-likeness (QED) is 0.484. The normalized spacial score (nSPS) is 9.83. The summed E-state index contributed by atoms with van der Waals surface area (Å²) in [4.78, 5) is 0.